The van der Waals surface area contributed by atoms with Crippen molar-refractivity contribution in [1.29, 1.82) is 0 Å². The van der Waals surface area contributed by atoms with Gasteiger partial charge in [-0.05, 0) is 43.9 Å². The molecular weight excluding hydrogens is 429 g/mol. The number of aliphatic imine (C=N–C) groups is 1. The molecule has 0 aliphatic heterocycles. The number of nitrogens with one attached hydrogen (secondary N) is 1. The third-order valence-corrected chi connectivity index (χ3v) is 4.73. The highest BCUT2D eigenvalue weighted by Gasteiger charge is 2.32. The Hall–Kier alpha value is -3.09. The first-order valence-corrected chi connectivity index (χ1v) is 10.9. The highest BCUT2D eigenvalue weighted by Crippen LogP contribution is 2.31. The standard InChI is InChI=1S/C26H33F3N2O2/c1-6-12-21(17-22(13-7-2)26(27,28)29)25(19(4)8-3)31-24(33-5)18-30-23(32)16-20-14-10-9-11-15-20/h6,9-15,17H,7-8,16,18H2,1-5H3,(H,30,32)/b12-6-,21-17+,22-13-,25-19?,31-24?. The van der Waals surface area contributed by atoms with E-state index in [0.717, 1.165) is 23.3 Å². The van der Waals surface area contributed by atoms with Crippen molar-refractivity contribution in [3.8, 4) is 0 Å². The van der Waals surface area contributed by atoms with E-state index in [1.165, 1.54) is 7.11 Å². The summed E-state index contributed by atoms with van der Waals surface area (Å²) in [6.07, 6.45) is 2.06. The molecule has 1 rings (SSSR count). The van der Waals surface area contributed by atoms with Crippen LogP contribution >= 0.6 is 0 Å². The summed E-state index contributed by atoms with van der Waals surface area (Å²) in [6.45, 7) is 7.12. The van der Waals surface area contributed by atoms with Crippen molar-refractivity contribution in [3.63, 3.8) is 0 Å². The fourth-order valence-corrected chi connectivity index (χ4v) is 2.89. The molecule has 1 aromatic carbocycles. The fourth-order valence-electron chi connectivity index (χ4n) is 2.89. The summed E-state index contributed by atoms with van der Waals surface area (Å²) in [6, 6.07) is 9.29. The summed E-state index contributed by atoms with van der Waals surface area (Å²) >= 11 is 0. The molecule has 1 aromatic rings. The van der Waals surface area contributed by atoms with Crippen LogP contribution in [0.3, 0.4) is 0 Å². The van der Waals surface area contributed by atoms with Gasteiger partial charge in [-0.15, -0.1) is 0 Å². The van der Waals surface area contributed by atoms with Gasteiger partial charge in [0.2, 0.25) is 11.8 Å². The normalized spacial score (nSPS) is 14.4. The monoisotopic (exact) mass is 462 g/mol. The molecule has 7 heteroatoms. The summed E-state index contributed by atoms with van der Waals surface area (Å²) in [5.74, 6) is -0.0132. The Morgan fingerprint density at radius 2 is 1.85 bits per heavy atom. The highest BCUT2D eigenvalue weighted by atomic mass is 19.4. The van der Waals surface area contributed by atoms with Gasteiger partial charge in [0.15, 0.2) is 0 Å². The number of benzene rings is 1. The maximum Gasteiger partial charge on any atom is 0.416 e. The number of ether oxygens (including phenoxy) is 1. The second-order valence-electron chi connectivity index (χ2n) is 7.30. The topological polar surface area (TPSA) is 50.7 Å². The van der Waals surface area contributed by atoms with E-state index >= 15 is 0 Å². The van der Waals surface area contributed by atoms with E-state index < -0.39 is 11.7 Å². The molecule has 0 bridgehead atoms. The number of carbonyl (C=O) groups is 1. The number of hydrogen-bond donors (Lipinski definition) is 1. The van der Waals surface area contributed by atoms with Crippen LogP contribution in [0.15, 0.2) is 82.0 Å². The molecule has 180 valence electrons. The third-order valence-electron chi connectivity index (χ3n) is 4.73. The minimum absolute atomic E-state index is 0.0166. The van der Waals surface area contributed by atoms with E-state index in [1.807, 2.05) is 44.2 Å². The molecule has 0 atom stereocenters. The molecule has 0 aliphatic carbocycles. The van der Waals surface area contributed by atoms with Gasteiger partial charge in [0.25, 0.3) is 0 Å². The highest BCUT2D eigenvalue weighted by molar-refractivity contribution is 5.86. The lowest BCUT2D eigenvalue weighted by Crippen LogP contribution is -2.31. The molecule has 0 radical (unpaired) electrons. The van der Waals surface area contributed by atoms with Gasteiger partial charge in [-0.2, -0.15) is 13.2 Å². The average molecular weight is 463 g/mol. The SMILES string of the molecule is C\C=C/C(=C\C(=C\CC)C(F)(F)F)C(N=C(CNC(=O)Cc1ccccc1)OC)=C(C)CC. The summed E-state index contributed by atoms with van der Waals surface area (Å²) < 4.78 is 45.9. The number of halogens is 3. The molecule has 0 saturated heterocycles. The Morgan fingerprint density at radius 3 is 2.36 bits per heavy atom. The molecule has 33 heavy (non-hydrogen) atoms. The van der Waals surface area contributed by atoms with Gasteiger partial charge >= 0.3 is 6.18 Å². The van der Waals surface area contributed by atoms with E-state index in [1.54, 1.807) is 26.0 Å². The maximum absolute atomic E-state index is 13.5. The second kappa shape index (κ2) is 14.1. The lowest BCUT2D eigenvalue weighted by atomic mass is 10.0. The second-order valence-corrected chi connectivity index (χ2v) is 7.30. The maximum atomic E-state index is 13.5. The number of methoxy groups -OCH3 is 1. The van der Waals surface area contributed by atoms with Crippen LogP contribution < -0.4 is 5.32 Å². The summed E-state index contributed by atoms with van der Waals surface area (Å²) in [7, 11) is 1.41. The number of nitrogens with zero attached hydrogens (tertiary/aromatic N) is 1. The Bertz CT molecular complexity index is 925. The first-order chi connectivity index (χ1) is 15.7. The predicted molar refractivity (Wildman–Crippen MR) is 128 cm³/mol. The van der Waals surface area contributed by atoms with E-state index in [4.69, 9.17) is 4.74 Å². The number of rotatable bonds is 10. The van der Waals surface area contributed by atoms with Gasteiger partial charge in [0, 0.05) is 5.57 Å². The van der Waals surface area contributed by atoms with Gasteiger partial charge in [-0.1, -0.05) is 62.4 Å². The van der Waals surface area contributed by atoms with Crippen LogP contribution in [0, 0.1) is 0 Å². The zero-order chi connectivity index (χ0) is 24.9. The predicted octanol–water partition coefficient (Wildman–Crippen LogP) is 6.48. The summed E-state index contributed by atoms with van der Waals surface area (Å²) in [5.41, 5.74) is 1.64. The van der Waals surface area contributed by atoms with Crippen LogP contribution in [-0.2, 0) is 16.0 Å². The minimum Gasteiger partial charge on any atom is -0.483 e. The van der Waals surface area contributed by atoms with Crippen LogP contribution in [0.2, 0.25) is 0 Å². The van der Waals surface area contributed by atoms with Gasteiger partial charge in [0.1, 0.15) is 0 Å². The zero-order valence-corrected chi connectivity index (χ0v) is 19.9. The van der Waals surface area contributed by atoms with Crippen LogP contribution in [0.1, 0.15) is 46.1 Å². The first kappa shape index (κ1) is 27.9. The molecule has 0 spiro atoms. The first-order valence-electron chi connectivity index (χ1n) is 10.9. The molecule has 0 aromatic heterocycles. The van der Waals surface area contributed by atoms with Gasteiger partial charge < -0.3 is 10.1 Å². The number of hydrogen-bond acceptors (Lipinski definition) is 3. The van der Waals surface area contributed by atoms with Gasteiger partial charge in [-0.3, -0.25) is 4.79 Å². The number of allylic oxidation sites excluding steroid dienone is 6. The van der Waals surface area contributed by atoms with Gasteiger partial charge in [-0.25, -0.2) is 4.99 Å². The van der Waals surface area contributed by atoms with Crippen molar-refractivity contribution in [2.24, 2.45) is 4.99 Å². The average Bonchev–Trinajstić information content (AvgIpc) is 2.78. The molecule has 0 heterocycles. The Balaban J connectivity index is 3.26. The Morgan fingerprint density at radius 1 is 1.18 bits per heavy atom. The molecule has 0 unspecified atom stereocenters. The lowest BCUT2D eigenvalue weighted by molar-refractivity contribution is -0.120. The minimum atomic E-state index is -4.48. The largest absolute Gasteiger partial charge is 0.483 e. The third kappa shape index (κ3) is 9.93. The molecule has 1 amide bonds. The zero-order valence-electron chi connectivity index (χ0n) is 19.9. The van der Waals surface area contributed by atoms with E-state index in [2.05, 4.69) is 10.3 Å². The number of amides is 1. The van der Waals surface area contributed by atoms with Crippen molar-refractivity contribution in [2.75, 3.05) is 13.7 Å². The van der Waals surface area contributed by atoms with Crippen molar-refractivity contribution in [1.82, 2.24) is 5.32 Å². The van der Waals surface area contributed by atoms with Crippen molar-refractivity contribution >= 4 is 11.8 Å². The van der Waals surface area contributed by atoms with E-state index in [9.17, 15) is 18.0 Å². The lowest BCUT2D eigenvalue weighted by Gasteiger charge is -2.14. The Kier molecular flexibility index (Phi) is 12.0. The fraction of sp³-hybridized carbons (Fsp3) is 0.385. The Labute approximate surface area is 194 Å². The smallest absolute Gasteiger partial charge is 0.416 e. The number of alkyl halides is 3. The molecule has 0 saturated carbocycles. The molecular formula is C26H33F3N2O2. The quantitative estimate of drug-likeness (QED) is 0.246. The van der Waals surface area contributed by atoms with Crippen molar-refractivity contribution in [3.05, 3.63) is 82.6 Å². The molecule has 4 nitrogen and oxygen atoms in total. The van der Waals surface area contributed by atoms with E-state index in [-0.39, 0.29) is 31.2 Å². The van der Waals surface area contributed by atoms with Crippen LogP contribution in [0.5, 0.6) is 0 Å². The van der Waals surface area contributed by atoms with Crippen molar-refractivity contribution < 1.29 is 22.7 Å². The van der Waals surface area contributed by atoms with Crippen LogP contribution in [0.25, 0.3) is 0 Å². The summed E-state index contributed by atoms with van der Waals surface area (Å²) in [5, 5.41) is 2.75. The van der Waals surface area contributed by atoms with Gasteiger partial charge in [0.05, 0.1) is 31.3 Å². The number of carbonyl (C=O) groups excluding carboxylic acids is 1. The molecule has 0 fully saturated rings. The van der Waals surface area contributed by atoms with Crippen LogP contribution in [-0.4, -0.2) is 31.6 Å². The summed E-state index contributed by atoms with van der Waals surface area (Å²) in [4.78, 5) is 16.8. The van der Waals surface area contributed by atoms with E-state index in [0.29, 0.717) is 17.7 Å². The van der Waals surface area contributed by atoms with Crippen LogP contribution in [0.4, 0.5) is 13.2 Å². The molecule has 0 aliphatic rings. The molecule has 1 N–H and O–H groups in total. The van der Waals surface area contributed by atoms with Crippen molar-refractivity contribution in [2.45, 2.75) is 53.1 Å².